The quantitative estimate of drug-likeness (QED) is 0.0922. The minimum absolute atomic E-state index is 0.620. The molecule has 0 unspecified atom stereocenters. The highest BCUT2D eigenvalue weighted by Crippen LogP contribution is 2.51. The summed E-state index contributed by atoms with van der Waals surface area (Å²) in [4.78, 5) is 0. The van der Waals surface area contributed by atoms with E-state index in [-0.39, 0.29) is 0 Å². The first-order valence-corrected chi connectivity index (χ1v) is 26.1. The molecule has 0 amide bonds. The van der Waals surface area contributed by atoms with E-state index in [1.165, 1.54) is 128 Å². The Morgan fingerprint density at radius 3 is 0.870 bits per heavy atom. The molecule has 0 aromatic heterocycles. The van der Waals surface area contributed by atoms with Crippen molar-refractivity contribution in [3.63, 3.8) is 0 Å². The molecule has 5 aromatic rings. The second-order valence-electron chi connectivity index (χ2n) is 19.1. The van der Waals surface area contributed by atoms with Crippen LogP contribution in [0.25, 0.3) is 43.1 Å². The van der Waals surface area contributed by atoms with Crippen LogP contribution in [0.1, 0.15) is 140 Å². The molecule has 0 N–H and O–H groups in total. The second-order valence-corrected chi connectivity index (χ2v) is 29.5. The maximum absolute atomic E-state index is 4.31. The molecule has 2 aliphatic rings. The van der Waals surface area contributed by atoms with E-state index in [2.05, 4.69) is 155 Å². The highest BCUT2D eigenvalue weighted by atomic mass is 28.3. The summed E-state index contributed by atoms with van der Waals surface area (Å²) < 4.78 is 0. The fourth-order valence-electron chi connectivity index (χ4n) is 11.7. The Kier molecular flexibility index (Phi) is 10.8. The van der Waals surface area contributed by atoms with Gasteiger partial charge in [-0.1, -0.05) is 143 Å². The Bertz CT molecular complexity index is 2080. The molecule has 0 nitrogen and oxygen atoms in total. The summed E-state index contributed by atoms with van der Waals surface area (Å²) in [6.45, 7) is 29.0. The van der Waals surface area contributed by atoms with Gasteiger partial charge in [-0.05, 0) is 151 Å². The normalized spacial score (nSPS) is 16.1. The lowest BCUT2D eigenvalue weighted by atomic mass is 9.88. The Morgan fingerprint density at radius 2 is 0.648 bits per heavy atom. The zero-order chi connectivity index (χ0) is 38.7. The molecule has 0 saturated heterocycles. The van der Waals surface area contributed by atoms with Gasteiger partial charge >= 0.3 is 0 Å². The highest BCUT2D eigenvalue weighted by Gasteiger charge is 2.48. The molecule has 5 aromatic carbocycles. The number of benzene rings is 5. The predicted octanol–water partition coefficient (Wildman–Crippen LogP) is 15.7. The van der Waals surface area contributed by atoms with Crippen molar-refractivity contribution in [3.05, 3.63) is 81.9 Å². The molecular weight excluding hydrogens is 681 g/mol. The fourth-order valence-corrected chi connectivity index (χ4v) is 23.1. The molecule has 54 heavy (non-hydrogen) atoms. The monoisotopic (exact) mass is 746 g/mol. The Morgan fingerprint density at radius 1 is 0.407 bits per heavy atom. The molecule has 7 rings (SSSR count). The van der Waals surface area contributed by atoms with Crippen LogP contribution >= 0.6 is 0 Å². The molecule has 0 atom stereocenters. The number of aryl methyl sites for hydroxylation is 4. The van der Waals surface area contributed by atoms with E-state index in [0.29, 0.717) is 22.2 Å². The summed E-state index contributed by atoms with van der Waals surface area (Å²) in [7, 11) is -3.98. The lowest BCUT2D eigenvalue weighted by Gasteiger charge is -2.39. The average Bonchev–Trinajstić information content (AvgIpc) is 3.85. The lowest BCUT2D eigenvalue weighted by Crippen LogP contribution is -2.44. The number of hydrogen-bond donors (Lipinski definition) is 0. The summed E-state index contributed by atoms with van der Waals surface area (Å²) in [6, 6.07) is 19.6. The van der Waals surface area contributed by atoms with Crippen LogP contribution in [-0.4, -0.2) is 16.1 Å². The zero-order valence-corrected chi connectivity index (χ0v) is 37.7. The van der Waals surface area contributed by atoms with Crippen LogP contribution < -0.4 is 0 Å². The predicted molar refractivity (Wildman–Crippen MR) is 246 cm³/mol. The fraction of sp³-hybridized carbons (Fsp3) is 0.500. The minimum atomic E-state index is -1.99. The third kappa shape index (κ3) is 6.48. The third-order valence-electron chi connectivity index (χ3n) is 14.9. The van der Waals surface area contributed by atoms with Gasteiger partial charge in [-0.2, -0.15) is 0 Å². The second kappa shape index (κ2) is 15.0. The van der Waals surface area contributed by atoms with Crippen LogP contribution in [0, 0.1) is 50.6 Å². The summed E-state index contributed by atoms with van der Waals surface area (Å²) >= 11 is 0. The third-order valence-corrected chi connectivity index (χ3v) is 27.6. The molecule has 0 radical (unpaired) electrons. The molecule has 0 aliphatic heterocycles. The van der Waals surface area contributed by atoms with Crippen molar-refractivity contribution in [2.75, 3.05) is 0 Å². The minimum Gasteiger partial charge on any atom is -0.125 e. The molecule has 0 bridgehead atoms. The Balaban J connectivity index is 1.66. The standard InChI is InChI=1S/C52H66Si2/c1-33(2)53(34(3)4,45-17-13-14-18-45)23-21-47-49-29-41-25-37(9)39(11)27-43(41)31-51(49)48(22-24-54(35(5)6,36(7)8)46-19-15-16-20-46)52-32-44-28-40(12)38(10)26-42(44)30-50(47)52/h25-36,45-46H,13-20H2,1-12H3. The van der Waals surface area contributed by atoms with E-state index < -0.39 is 16.1 Å². The van der Waals surface area contributed by atoms with Crippen molar-refractivity contribution in [3.8, 4) is 22.9 Å². The maximum Gasteiger partial charge on any atom is 0.147 e. The van der Waals surface area contributed by atoms with Gasteiger partial charge in [0.2, 0.25) is 0 Å². The van der Waals surface area contributed by atoms with Gasteiger partial charge in [0.25, 0.3) is 0 Å². The highest BCUT2D eigenvalue weighted by molar-refractivity contribution is 6.91. The smallest absolute Gasteiger partial charge is 0.125 e. The van der Waals surface area contributed by atoms with Crippen molar-refractivity contribution in [2.24, 2.45) is 0 Å². The van der Waals surface area contributed by atoms with Gasteiger partial charge < -0.3 is 0 Å². The van der Waals surface area contributed by atoms with E-state index >= 15 is 0 Å². The lowest BCUT2D eigenvalue weighted by molar-refractivity contribution is 0.764. The van der Waals surface area contributed by atoms with Crippen molar-refractivity contribution in [2.45, 2.75) is 168 Å². The van der Waals surface area contributed by atoms with Crippen molar-refractivity contribution in [1.29, 1.82) is 0 Å². The number of fused-ring (bicyclic) bond motifs is 4. The van der Waals surface area contributed by atoms with Crippen LogP contribution in [0.5, 0.6) is 0 Å². The van der Waals surface area contributed by atoms with Crippen LogP contribution in [0.15, 0.2) is 48.5 Å². The Hall–Kier alpha value is -3.31. The van der Waals surface area contributed by atoms with E-state index in [4.69, 9.17) is 0 Å². The number of hydrogen-bond acceptors (Lipinski definition) is 0. The van der Waals surface area contributed by atoms with E-state index in [1.54, 1.807) is 0 Å². The van der Waals surface area contributed by atoms with Gasteiger partial charge in [0, 0.05) is 11.1 Å². The first-order valence-electron chi connectivity index (χ1n) is 21.6. The molecular formula is C52H66Si2. The first kappa shape index (κ1) is 38.9. The summed E-state index contributed by atoms with van der Waals surface area (Å²) in [6.07, 6.45) is 10.9. The Labute approximate surface area is 330 Å². The van der Waals surface area contributed by atoms with Crippen LogP contribution in [0.4, 0.5) is 0 Å². The topological polar surface area (TPSA) is 0 Å². The van der Waals surface area contributed by atoms with Crippen molar-refractivity contribution >= 4 is 59.2 Å². The van der Waals surface area contributed by atoms with Gasteiger partial charge in [0.1, 0.15) is 16.1 Å². The summed E-state index contributed by atoms with van der Waals surface area (Å²) in [5.41, 5.74) is 20.5. The molecule has 2 saturated carbocycles. The van der Waals surface area contributed by atoms with E-state index in [9.17, 15) is 0 Å². The maximum atomic E-state index is 4.31. The van der Waals surface area contributed by atoms with Crippen molar-refractivity contribution < 1.29 is 0 Å². The van der Waals surface area contributed by atoms with E-state index in [1.807, 2.05) is 0 Å². The van der Waals surface area contributed by atoms with Gasteiger partial charge in [-0.3, -0.25) is 0 Å². The van der Waals surface area contributed by atoms with Crippen molar-refractivity contribution in [1.82, 2.24) is 0 Å². The molecule has 2 fully saturated rings. The SMILES string of the molecule is Cc1cc2cc3c(C#C[Si](C(C)C)(C(C)C)C4CCCC4)c4cc5cc(C)c(C)cc5cc4c(C#C[Si](C(C)C)(C(C)C)C4CCCC4)c3cc2cc1C. The molecule has 282 valence electrons. The van der Waals surface area contributed by atoms with Gasteiger partial charge in [-0.15, -0.1) is 11.1 Å². The van der Waals surface area contributed by atoms with Gasteiger partial charge in [0.15, 0.2) is 0 Å². The number of rotatable bonds is 6. The van der Waals surface area contributed by atoms with Gasteiger partial charge in [0.05, 0.1) is 0 Å². The van der Waals surface area contributed by atoms with E-state index in [0.717, 1.165) is 11.1 Å². The molecule has 2 aliphatic carbocycles. The molecule has 2 heteroatoms. The molecule has 0 heterocycles. The summed E-state index contributed by atoms with van der Waals surface area (Å²) in [5, 5.41) is 10.4. The van der Waals surface area contributed by atoms with Crippen LogP contribution in [0.3, 0.4) is 0 Å². The molecule has 0 spiro atoms. The van der Waals surface area contributed by atoms with Gasteiger partial charge in [-0.25, -0.2) is 0 Å². The van der Waals surface area contributed by atoms with Crippen LogP contribution in [-0.2, 0) is 0 Å². The zero-order valence-electron chi connectivity index (χ0n) is 35.7. The average molecular weight is 747 g/mol. The first-order chi connectivity index (χ1) is 25.7. The largest absolute Gasteiger partial charge is 0.147 e. The summed E-state index contributed by atoms with van der Waals surface area (Å²) in [5.74, 6) is 8.29. The van der Waals surface area contributed by atoms with Crippen LogP contribution in [0.2, 0.25) is 33.2 Å².